The van der Waals surface area contributed by atoms with E-state index in [2.05, 4.69) is 74.7 Å². The molecule has 0 amide bonds. The number of likely N-dealkylation sites (tertiary alicyclic amines) is 1. The Morgan fingerprint density at radius 2 is 1.83 bits per heavy atom. The number of halogens is 1. The maximum absolute atomic E-state index is 6.30. The monoisotopic (exact) mass is 546 g/mol. The molecule has 1 aromatic carbocycles. The van der Waals surface area contributed by atoms with Crippen molar-refractivity contribution in [3.05, 3.63) is 52.3 Å². The Balaban J connectivity index is 0.00000342. The third-order valence-corrected chi connectivity index (χ3v) is 7.28. The number of nitrogens with two attached hydrogens (primary N) is 1. The van der Waals surface area contributed by atoms with Gasteiger partial charge in [-0.05, 0) is 72.3 Å². The molecule has 2 aromatic heterocycles. The Morgan fingerprint density at radius 3 is 2.51 bits per heavy atom. The second-order valence-electron chi connectivity index (χ2n) is 9.76. The molecule has 1 aliphatic heterocycles. The van der Waals surface area contributed by atoms with Gasteiger partial charge in [-0.3, -0.25) is 4.57 Å². The van der Waals surface area contributed by atoms with Crippen LogP contribution in [0, 0.1) is 12.8 Å². The second kappa shape index (κ2) is 12.3. The van der Waals surface area contributed by atoms with E-state index in [1.54, 1.807) is 0 Å². The molecule has 9 heteroatoms. The molecule has 0 saturated carbocycles. The van der Waals surface area contributed by atoms with Crippen LogP contribution in [-0.2, 0) is 11.5 Å². The number of fused-ring (bicyclic) bond motifs is 1. The first-order chi connectivity index (χ1) is 16.3. The number of aryl methyl sites for hydroxylation is 1. The van der Waals surface area contributed by atoms with E-state index in [0.29, 0.717) is 18.7 Å². The van der Waals surface area contributed by atoms with Crippen molar-refractivity contribution in [1.82, 2.24) is 19.4 Å². The Bertz CT molecular complexity index is 1100. The number of benzene rings is 1. The predicted octanol–water partition coefficient (Wildman–Crippen LogP) is 4.27. The molecule has 3 heterocycles. The normalized spacial score (nSPS) is 16.9. The van der Waals surface area contributed by atoms with Gasteiger partial charge in [0.2, 0.25) is 5.95 Å². The first kappa shape index (κ1) is 27.5. The summed E-state index contributed by atoms with van der Waals surface area (Å²) >= 11 is 3.45. The average molecular weight is 548 g/mol. The van der Waals surface area contributed by atoms with Crippen LogP contribution >= 0.6 is 15.9 Å². The fourth-order valence-electron chi connectivity index (χ4n) is 4.40. The number of hydrogen-bond donors (Lipinski definition) is 2. The van der Waals surface area contributed by atoms with Crippen molar-refractivity contribution in [2.45, 2.75) is 65.5 Å². The molecule has 192 valence electrons. The van der Waals surface area contributed by atoms with Crippen LogP contribution in [0.1, 0.15) is 51.0 Å². The SMILES string of the molecule is Cc1cccc2c1nc(NC1CCN(CC(N)C(C)C)CC1)n2COC(C)c1cccc(Br)n1.O. The lowest BCUT2D eigenvalue weighted by molar-refractivity contribution is 0.0171. The molecule has 5 N–H and O–H groups in total. The zero-order valence-electron chi connectivity index (χ0n) is 21.2. The van der Waals surface area contributed by atoms with E-state index in [1.807, 2.05) is 25.1 Å². The van der Waals surface area contributed by atoms with E-state index in [9.17, 15) is 0 Å². The van der Waals surface area contributed by atoms with E-state index in [0.717, 1.165) is 59.8 Å². The maximum Gasteiger partial charge on any atom is 0.206 e. The Hall–Kier alpha value is -2.04. The highest BCUT2D eigenvalue weighted by atomic mass is 79.9. The van der Waals surface area contributed by atoms with Crippen LogP contribution in [0.2, 0.25) is 0 Å². The molecule has 0 spiro atoms. The lowest BCUT2D eigenvalue weighted by atomic mass is 10.0. The standard InChI is InChI=1S/C26H37BrN6O.H2O/c1-17(2)21(28)15-32-13-11-20(12-14-32)29-26-31-25-18(3)7-5-9-23(25)33(26)16-34-19(4)22-8-6-10-24(27)30-22;/h5-10,17,19-21H,11-16,28H2,1-4H3,(H,29,31);1H2. The first-order valence-electron chi connectivity index (χ1n) is 12.3. The van der Waals surface area contributed by atoms with Crippen molar-refractivity contribution in [1.29, 1.82) is 0 Å². The highest BCUT2D eigenvalue weighted by Gasteiger charge is 2.23. The number of nitrogens with one attached hydrogen (secondary N) is 1. The number of nitrogens with zero attached hydrogens (tertiary/aromatic N) is 4. The molecular formula is C26H39BrN6O2. The molecule has 4 rings (SSSR count). The second-order valence-corrected chi connectivity index (χ2v) is 10.6. The molecule has 0 bridgehead atoms. The zero-order valence-corrected chi connectivity index (χ0v) is 22.8. The van der Waals surface area contributed by atoms with Crippen molar-refractivity contribution in [2.75, 3.05) is 25.0 Å². The molecule has 0 aliphatic carbocycles. The van der Waals surface area contributed by atoms with Gasteiger partial charge in [0, 0.05) is 31.7 Å². The third-order valence-electron chi connectivity index (χ3n) is 6.83. The van der Waals surface area contributed by atoms with Crippen LogP contribution in [0.25, 0.3) is 11.0 Å². The molecule has 1 saturated heterocycles. The Labute approximate surface area is 216 Å². The quantitative estimate of drug-likeness (QED) is 0.387. The Kier molecular flexibility index (Phi) is 9.66. The van der Waals surface area contributed by atoms with Crippen LogP contribution in [0.4, 0.5) is 5.95 Å². The summed E-state index contributed by atoms with van der Waals surface area (Å²) in [6.07, 6.45) is 2.01. The van der Waals surface area contributed by atoms with Crippen LogP contribution < -0.4 is 11.1 Å². The van der Waals surface area contributed by atoms with Crippen molar-refractivity contribution >= 4 is 32.9 Å². The number of anilines is 1. The smallest absolute Gasteiger partial charge is 0.206 e. The lowest BCUT2D eigenvalue weighted by Crippen LogP contribution is -2.46. The van der Waals surface area contributed by atoms with Crippen molar-refractivity contribution in [3.8, 4) is 0 Å². The fraction of sp³-hybridized carbons (Fsp3) is 0.538. The van der Waals surface area contributed by atoms with E-state index >= 15 is 0 Å². The predicted molar refractivity (Wildman–Crippen MR) is 145 cm³/mol. The molecule has 1 fully saturated rings. The molecule has 8 nitrogen and oxygen atoms in total. The first-order valence-corrected chi connectivity index (χ1v) is 13.1. The molecule has 3 aromatic rings. The summed E-state index contributed by atoms with van der Waals surface area (Å²) in [7, 11) is 0. The van der Waals surface area contributed by atoms with Crippen molar-refractivity contribution in [3.63, 3.8) is 0 Å². The highest BCUT2D eigenvalue weighted by Crippen LogP contribution is 2.26. The minimum Gasteiger partial charge on any atom is -0.412 e. The topological polar surface area (TPSA) is 113 Å². The molecule has 0 radical (unpaired) electrons. The number of pyridine rings is 1. The average Bonchev–Trinajstić information content (AvgIpc) is 3.17. The number of piperidine rings is 1. The number of aromatic nitrogens is 3. The van der Waals surface area contributed by atoms with Crippen LogP contribution in [0.15, 0.2) is 41.0 Å². The summed E-state index contributed by atoms with van der Waals surface area (Å²) in [6, 6.07) is 12.8. The van der Waals surface area contributed by atoms with E-state index in [-0.39, 0.29) is 17.6 Å². The molecule has 2 unspecified atom stereocenters. The van der Waals surface area contributed by atoms with Crippen molar-refractivity contribution in [2.24, 2.45) is 11.7 Å². The fourth-order valence-corrected chi connectivity index (χ4v) is 4.76. The number of rotatable bonds is 9. The van der Waals surface area contributed by atoms with Gasteiger partial charge in [-0.1, -0.05) is 32.0 Å². The molecule has 35 heavy (non-hydrogen) atoms. The van der Waals surface area contributed by atoms with Gasteiger partial charge < -0.3 is 26.2 Å². The summed E-state index contributed by atoms with van der Waals surface area (Å²) in [6.45, 7) is 12.0. The minimum atomic E-state index is -0.138. The number of ether oxygens (including phenoxy) is 1. The van der Waals surface area contributed by atoms with E-state index in [4.69, 9.17) is 15.5 Å². The number of hydrogen-bond acceptors (Lipinski definition) is 6. The van der Waals surface area contributed by atoms with Crippen LogP contribution in [0.5, 0.6) is 0 Å². The van der Waals surface area contributed by atoms with Gasteiger partial charge in [-0.25, -0.2) is 9.97 Å². The summed E-state index contributed by atoms with van der Waals surface area (Å²) in [5.41, 5.74) is 10.5. The van der Waals surface area contributed by atoms with Crippen LogP contribution in [0.3, 0.4) is 0 Å². The van der Waals surface area contributed by atoms with Gasteiger partial charge in [0.15, 0.2) is 0 Å². The van der Waals surface area contributed by atoms with Gasteiger partial charge in [0.25, 0.3) is 0 Å². The maximum atomic E-state index is 6.30. The molecule has 2 atom stereocenters. The van der Waals surface area contributed by atoms with E-state index in [1.165, 1.54) is 5.56 Å². The van der Waals surface area contributed by atoms with Gasteiger partial charge >= 0.3 is 0 Å². The Morgan fingerprint density at radius 1 is 1.11 bits per heavy atom. The van der Waals surface area contributed by atoms with Gasteiger partial charge in [-0.15, -0.1) is 0 Å². The summed E-state index contributed by atoms with van der Waals surface area (Å²) in [4.78, 5) is 12.0. The van der Waals surface area contributed by atoms with Crippen LogP contribution in [-0.4, -0.2) is 56.6 Å². The summed E-state index contributed by atoms with van der Waals surface area (Å²) < 4.78 is 9.23. The zero-order chi connectivity index (χ0) is 24.2. The van der Waals surface area contributed by atoms with Gasteiger partial charge in [0.05, 0.1) is 22.8 Å². The minimum absolute atomic E-state index is 0. The summed E-state index contributed by atoms with van der Waals surface area (Å²) in [5, 5.41) is 3.73. The van der Waals surface area contributed by atoms with Crippen molar-refractivity contribution < 1.29 is 10.2 Å². The van der Waals surface area contributed by atoms with Gasteiger partial charge in [0.1, 0.15) is 11.3 Å². The highest BCUT2D eigenvalue weighted by molar-refractivity contribution is 9.10. The number of imidazole rings is 1. The third kappa shape index (κ3) is 6.80. The van der Waals surface area contributed by atoms with E-state index < -0.39 is 0 Å². The summed E-state index contributed by atoms with van der Waals surface area (Å²) in [5.74, 6) is 1.38. The molecule has 1 aliphatic rings. The lowest BCUT2D eigenvalue weighted by Gasteiger charge is -2.34. The van der Waals surface area contributed by atoms with Gasteiger partial charge in [-0.2, -0.15) is 0 Å². The largest absolute Gasteiger partial charge is 0.412 e. The number of para-hydroxylation sites is 1. The molecular weight excluding hydrogens is 508 g/mol.